The molecule has 1 aromatic rings. The molecule has 0 spiro atoms. The molecule has 0 aliphatic heterocycles. The molecule has 0 saturated heterocycles. The van der Waals surface area contributed by atoms with E-state index in [0.717, 1.165) is 5.56 Å². The van der Waals surface area contributed by atoms with Crippen molar-refractivity contribution < 1.29 is 18.9 Å². The first kappa shape index (κ1) is 18.0. The Morgan fingerprint density at radius 1 is 1.09 bits per heavy atom. The highest BCUT2D eigenvalue weighted by Crippen LogP contribution is 2.33. The van der Waals surface area contributed by atoms with E-state index < -0.39 is 0 Å². The molecule has 0 amide bonds. The van der Waals surface area contributed by atoms with Gasteiger partial charge in [0, 0.05) is 25.3 Å². The number of nitrogens with one attached hydrogen (secondary N) is 2. The number of nitrogens with zero attached hydrogens (tertiary/aromatic N) is 1. The van der Waals surface area contributed by atoms with Crippen LogP contribution in [-0.4, -0.2) is 52.9 Å². The highest BCUT2D eigenvalue weighted by Gasteiger charge is 2.10. The summed E-state index contributed by atoms with van der Waals surface area (Å²) in [5.74, 6) is 1.79. The number of ether oxygens (including phenoxy) is 4. The highest BCUT2D eigenvalue weighted by atomic mass is 32.1. The molecule has 22 heavy (non-hydrogen) atoms. The zero-order valence-corrected chi connectivity index (χ0v) is 14.0. The van der Waals surface area contributed by atoms with Gasteiger partial charge in [-0.2, -0.15) is 5.10 Å². The summed E-state index contributed by atoms with van der Waals surface area (Å²) < 4.78 is 20.7. The summed E-state index contributed by atoms with van der Waals surface area (Å²) >= 11 is 5.06. The molecule has 0 radical (unpaired) electrons. The van der Waals surface area contributed by atoms with Crippen molar-refractivity contribution >= 4 is 23.5 Å². The highest BCUT2D eigenvalue weighted by molar-refractivity contribution is 7.80. The molecule has 1 rings (SSSR count). The zero-order valence-electron chi connectivity index (χ0n) is 13.1. The van der Waals surface area contributed by atoms with Crippen LogP contribution in [0.5, 0.6) is 17.2 Å². The minimum atomic E-state index is 0.410. The Morgan fingerprint density at radius 3 is 2.32 bits per heavy atom. The lowest BCUT2D eigenvalue weighted by Crippen LogP contribution is -2.34. The number of hydrogen-bond donors (Lipinski definition) is 2. The van der Waals surface area contributed by atoms with Gasteiger partial charge in [0.05, 0.1) is 34.2 Å². The molecule has 0 heterocycles. The summed E-state index contributed by atoms with van der Waals surface area (Å²) in [5.41, 5.74) is 3.44. The summed E-state index contributed by atoms with van der Waals surface area (Å²) in [4.78, 5) is 0. The molecule has 0 saturated carbocycles. The molecule has 0 atom stereocenters. The van der Waals surface area contributed by atoms with Crippen molar-refractivity contribution in [1.82, 2.24) is 10.7 Å². The monoisotopic (exact) mass is 327 g/mol. The predicted molar refractivity (Wildman–Crippen MR) is 89.3 cm³/mol. The zero-order chi connectivity index (χ0) is 16.4. The molecule has 0 aliphatic carbocycles. The van der Waals surface area contributed by atoms with Crippen molar-refractivity contribution in [3.05, 3.63) is 17.7 Å². The fourth-order valence-electron chi connectivity index (χ4n) is 1.62. The first-order chi connectivity index (χ1) is 10.7. The van der Waals surface area contributed by atoms with E-state index in [9.17, 15) is 0 Å². The second-order valence-electron chi connectivity index (χ2n) is 4.07. The molecule has 122 valence electrons. The average Bonchev–Trinajstić information content (AvgIpc) is 2.54. The molecule has 0 fully saturated rings. The summed E-state index contributed by atoms with van der Waals surface area (Å²) in [6.45, 7) is 1.17. The van der Waals surface area contributed by atoms with Gasteiger partial charge in [-0.1, -0.05) is 0 Å². The smallest absolute Gasteiger partial charge is 0.187 e. The van der Waals surface area contributed by atoms with Gasteiger partial charge in [0.1, 0.15) is 5.75 Å². The van der Waals surface area contributed by atoms with Crippen LogP contribution < -0.4 is 25.0 Å². The first-order valence-corrected chi connectivity index (χ1v) is 6.93. The van der Waals surface area contributed by atoms with Gasteiger partial charge in [-0.15, -0.1) is 0 Å². The number of rotatable bonds is 8. The number of thiocarbonyl (C=S) groups is 1. The van der Waals surface area contributed by atoms with Crippen molar-refractivity contribution in [3.63, 3.8) is 0 Å². The van der Waals surface area contributed by atoms with E-state index in [0.29, 0.717) is 35.5 Å². The van der Waals surface area contributed by atoms with Crippen molar-refractivity contribution in [1.29, 1.82) is 0 Å². The van der Waals surface area contributed by atoms with E-state index in [1.54, 1.807) is 46.8 Å². The van der Waals surface area contributed by atoms with Gasteiger partial charge >= 0.3 is 0 Å². The van der Waals surface area contributed by atoms with Crippen LogP contribution in [0.15, 0.2) is 17.2 Å². The molecular weight excluding hydrogens is 306 g/mol. The Balaban J connectivity index is 2.75. The standard InChI is InChI=1S/C14H21N3O4S/c1-18-6-5-15-14(22)17-16-9-10-7-12(20-3)13(21-4)8-11(10)19-2/h7-9H,5-6H2,1-4H3,(H2,15,17,22)/b16-9-. The van der Waals surface area contributed by atoms with Gasteiger partial charge in [-0.25, -0.2) is 0 Å². The molecular formula is C14H21N3O4S. The van der Waals surface area contributed by atoms with Gasteiger partial charge in [-0.3, -0.25) is 5.43 Å². The lowest BCUT2D eigenvalue weighted by atomic mass is 10.2. The van der Waals surface area contributed by atoms with Crippen LogP contribution in [0.4, 0.5) is 0 Å². The van der Waals surface area contributed by atoms with E-state index in [2.05, 4.69) is 15.8 Å². The van der Waals surface area contributed by atoms with Gasteiger partial charge in [0.2, 0.25) is 0 Å². The van der Waals surface area contributed by atoms with Crippen molar-refractivity contribution in [2.45, 2.75) is 0 Å². The van der Waals surface area contributed by atoms with E-state index in [-0.39, 0.29) is 0 Å². The lowest BCUT2D eigenvalue weighted by Gasteiger charge is -2.12. The van der Waals surface area contributed by atoms with Crippen LogP contribution in [-0.2, 0) is 4.74 Å². The third kappa shape index (κ3) is 5.38. The fraction of sp³-hybridized carbons (Fsp3) is 0.429. The number of methoxy groups -OCH3 is 4. The largest absolute Gasteiger partial charge is 0.496 e. The van der Waals surface area contributed by atoms with Crippen LogP contribution in [0.1, 0.15) is 5.56 Å². The van der Waals surface area contributed by atoms with Crippen LogP contribution in [0.3, 0.4) is 0 Å². The normalized spacial score (nSPS) is 10.4. The minimum Gasteiger partial charge on any atom is -0.496 e. The van der Waals surface area contributed by atoms with E-state index in [4.69, 9.17) is 31.2 Å². The summed E-state index contributed by atoms with van der Waals surface area (Å²) in [6.07, 6.45) is 1.59. The first-order valence-electron chi connectivity index (χ1n) is 6.52. The summed E-state index contributed by atoms with van der Waals surface area (Å²) in [7, 11) is 6.33. The SMILES string of the molecule is COCCNC(=S)N/N=C\c1cc(OC)c(OC)cc1OC. The Bertz CT molecular complexity index is 523. The van der Waals surface area contributed by atoms with E-state index >= 15 is 0 Å². The molecule has 0 aliphatic rings. The Kier molecular flexibility index (Phi) is 8.01. The minimum absolute atomic E-state index is 0.410. The topological polar surface area (TPSA) is 73.3 Å². The maximum atomic E-state index is 5.30. The van der Waals surface area contributed by atoms with Crippen LogP contribution in [0.2, 0.25) is 0 Å². The molecule has 2 N–H and O–H groups in total. The second-order valence-corrected chi connectivity index (χ2v) is 4.48. The second kappa shape index (κ2) is 9.80. The van der Waals surface area contributed by atoms with Gasteiger partial charge in [0.25, 0.3) is 0 Å². The third-order valence-electron chi connectivity index (χ3n) is 2.70. The lowest BCUT2D eigenvalue weighted by molar-refractivity contribution is 0.204. The summed E-state index contributed by atoms with van der Waals surface area (Å²) in [5, 5.41) is 7.42. The Hall–Kier alpha value is -2.06. The quantitative estimate of drug-likeness (QED) is 0.321. The van der Waals surface area contributed by atoms with Crippen molar-refractivity contribution in [2.75, 3.05) is 41.6 Å². The molecule has 0 bridgehead atoms. The molecule has 0 aromatic heterocycles. The van der Waals surface area contributed by atoms with Crippen LogP contribution in [0.25, 0.3) is 0 Å². The third-order valence-corrected chi connectivity index (χ3v) is 2.93. The van der Waals surface area contributed by atoms with E-state index in [1.807, 2.05) is 0 Å². The maximum Gasteiger partial charge on any atom is 0.187 e. The van der Waals surface area contributed by atoms with Crippen LogP contribution >= 0.6 is 12.2 Å². The average molecular weight is 327 g/mol. The number of hydrazone groups is 1. The molecule has 7 nitrogen and oxygen atoms in total. The number of hydrogen-bond acceptors (Lipinski definition) is 6. The van der Waals surface area contributed by atoms with Crippen LogP contribution in [0, 0.1) is 0 Å². The predicted octanol–water partition coefficient (Wildman–Crippen LogP) is 1.16. The maximum absolute atomic E-state index is 5.30. The van der Waals surface area contributed by atoms with Gasteiger partial charge < -0.3 is 24.3 Å². The Labute approximate surface area is 135 Å². The molecule has 0 unspecified atom stereocenters. The Morgan fingerprint density at radius 2 is 1.73 bits per heavy atom. The summed E-state index contributed by atoms with van der Waals surface area (Å²) in [6, 6.07) is 3.50. The van der Waals surface area contributed by atoms with Gasteiger partial charge in [0.15, 0.2) is 16.6 Å². The molecule has 8 heteroatoms. The van der Waals surface area contributed by atoms with Gasteiger partial charge in [-0.05, 0) is 18.3 Å². The molecule has 1 aromatic carbocycles. The number of benzene rings is 1. The van der Waals surface area contributed by atoms with E-state index in [1.165, 1.54) is 0 Å². The van der Waals surface area contributed by atoms with Crippen molar-refractivity contribution in [2.24, 2.45) is 5.10 Å². The van der Waals surface area contributed by atoms with Crippen molar-refractivity contribution in [3.8, 4) is 17.2 Å². The fourth-order valence-corrected chi connectivity index (χ4v) is 1.78.